The molecule has 1 saturated heterocycles. The Hall–Kier alpha value is -1.53. The number of carbonyl (C=O) groups is 3. The molecule has 4 aliphatic carbocycles. The van der Waals surface area contributed by atoms with Crippen molar-refractivity contribution in [2.24, 2.45) is 40.4 Å². The highest BCUT2D eigenvalue weighted by atomic mass is 16.6. The van der Waals surface area contributed by atoms with Crippen LogP contribution in [0.5, 0.6) is 0 Å². The number of fused-ring (bicyclic) bond motifs is 3. The molecule has 5 rings (SSSR count). The summed E-state index contributed by atoms with van der Waals surface area (Å²) in [5.41, 5.74) is -2.23. The lowest BCUT2D eigenvalue weighted by Gasteiger charge is -2.55. The number of Topliss-reactive ketones (excluding diaryl/α,β-unsaturated/α-hetero) is 2. The maximum Gasteiger partial charge on any atom is 0.317 e. The molecule has 0 aromatic carbocycles. The van der Waals surface area contributed by atoms with Gasteiger partial charge in [-0.15, -0.1) is 0 Å². The summed E-state index contributed by atoms with van der Waals surface area (Å²) >= 11 is 0. The summed E-state index contributed by atoms with van der Waals surface area (Å²) in [7, 11) is 0. The number of ketones is 2. The third-order valence-electron chi connectivity index (χ3n) is 8.81. The summed E-state index contributed by atoms with van der Waals surface area (Å²) in [6.45, 7) is 9.48. The van der Waals surface area contributed by atoms with Gasteiger partial charge in [0.05, 0.1) is 5.60 Å². The maximum absolute atomic E-state index is 13.8. The fraction of sp³-hybridized carbons (Fsp3) is 0.783. The van der Waals surface area contributed by atoms with Crippen LogP contribution in [0, 0.1) is 40.4 Å². The Balaban J connectivity index is 1.83. The summed E-state index contributed by atoms with van der Waals surface area (Å²) in [6.07, 6.45) is 0.253. The summed E-state index contributed by atoms with van der Waals surface area (Å²) in [5, 5.41) is 22.8. The molecule has 1 heterocycles. The Labute approximate surface area is 170 Å². The van der Waals surface area contributed by atoms with E-state index in [1.807, 2.05) is 13.8 Å². The van der Waals surface area contributed by atoms with E-state index >= 15 is 0 Å². The number of aliphatic hydroxyl groups excluding tert-OH is 1. The molecule has 8 atom stereocenters. The first-order valence-corrected chi connectivity index (χ1v) is 10.8. The minimum Gasteiger partial charge on any atom is -0.458 e. The summed E-state index contributed by atoms with van der Waals surface area (Å²) < 4.78 is 5.76. The zero-order chi connectivity index (χ0) is 21.3. The van der Waals surface area contributed by atoms with Crippen molar-refractivity contribution in [2.75, 3.05) is 0 Å². The van der Waals surface area contributed by atoms with Gasteiger partial charge >= 0.3 is 5.97 Å². The van der Waals surface area contributed by atoms with Crippen molar-refractivity contribution in [3.05, 3.63) is 11.1 Å². The number of esters is 1. The van der Waals surface area contributed by atoms with Crippen molar-refractivity contribution in [1.82, 2.24) is 0 Å². The number of rotatable bonds is 1. The highest BCUT2D eigenvalue weighted by Gasteiger charge is 2.76. The smallest absolute Gasteiger partial charge is 0.317 e. The van der Waals surface area contributed by atoms with Crippen LogP contribution in [0.25, 0.3) is 0 Å². The SMILES string of the molecule is CC(C)[C@H]1C(=O)[C@H]2C(=O)C3=C([C@H](O)[C@H]4OC(=O)[C@@]35CCCC(C)(C)[C@H]45)[C@@H]1[C@@]2(C)O. The summed E-state index contributed by atoms with van der Waals surface area (Å²) in [5.74, 6) is -3.94. The van der Waals surface area contributed by atoms with Crippen LogP contribution in [0.2, 0.25) is 0 Å². The van der Waals surface area contributed by atoms with Gasteiger partial charge in [-0.25, -0.2) is 0 Å². The molecule has 0 aromatic heterocycles. The summed E-state index contributed by atoms with van der Waals surface area (Å²) in [6, 6.07) is 0. The van der Waals surface area contributed by atoms with Crippen LogP contribution in [0.3, 0.4) is 0 Å². The highest BCUT2D eigenvalue weighted by Crippen LogP contribution is 2.69. The standard InChI is InChI=1S/C23H30O6/c1-9(2)10-12-11-13(17(26)14(15(10)24)22(12,5)28)23-8-6-7-21(3,4)19(23)18(16(11)25)29-20(23)27/h9-10,12,14,16,18-19,25,28H,6-8H2,1-5H3/t10-,12-,14+,16+,18-,19+,22-,23+/m1/s1. The molecule has 2 N–H and O–H groups in total. The first-order valence-electron chi connectivity index (χ1n) is 10.8. The van der Waals surface area contributed by atoms with E-state index in [0.29, 0.717) is 17.6 Å². The third-order valence-corrected chi connectivity index (χ3v) is 8.81. The second kappa shape index (κ2) is 5.38. The monoisotopic (exact) mass is 402 g/mol. The molecule has 0 amide bonds. The van der Waals surface area contributed by atoms with Crippen LogP contribution >= 0.6 is 0 Å². The van der Waals surface area contributed by atoms with Crippen molar-refractivity contribution < 1.29 is 29.3 Å². The molecule has 29 heavy (non-hydrogen) atoms. The molecule has 6 nitrogen and oxygen atoms in total. The molecule has 5 aliphatic rings. The van der Waals surface area contributed by atoms with Crippen molar-refractivity contribution in [1.29, 1.82) is 0 Å². The minimum atomic E-state index is -1.56. The van der Waals surface area contributed by atoms with E-state index < -0.39 is 52.7 Å². The quantitative estimate of drug-likeness (QED) is 0.513. The van der Waals surface area contributed by atoms with Gasteiger partial charge in [-0.3, -0.25) is 14.4 Å². The number of carbonyl (C=O) groups excluding carboxylic acids is 3. The molecule has 0 unspecified atom stereocenters. The molecule has 4 bridgehead atoms. The molecular weight excluding hydrogens is 372 g/mol. The largest absolute Gasteiger partial charge is 0.458 e. The van der Waals surface area contributed by atoms with Crippen LogP contribution in [0.1, 0.15) is 53.9 Å². The van der Waals surface area contributed by atoms with Crippen molar-refractivity contribution >= 4 is 17.5 Å². The van der Waals surface area contributed by atoms with Gasteiger partial charge in [0.15, 0.2) is 11.6 Å². The van der Waals surface area contributed by atoms with Gasteiger partial charge in [-0.2, -0.15) is 0 Å². The zero-order valence-electron chi connectivity index (χ0n) is 17.7. The van der Waals surface area contributed by atoms with Gasteiger partial charge in [0.1, 0.15) is 23.5 Å². The number of hydrogen-bond acceptors (Lipinski definition) is 6. The van der Waals surface area contributed by atoms with E-state index in [-0.39, 0.29) is 23.0 Å². The van der Waals surface area contributed by atoms with E-state index in [9.17, 15) is 24.6 Å². The second-order valence-corrected chi connectivity index (χ2v) is 11.1. The van der Waals surface area contributed by atoms with Crippen LogP contribution in [-0.4, -0.2) is 45.6 Å². The Morgan fingerprint density at radius 2 is 1.76 bits per heavy atom. The predicted molar refractivity (Wildman–Crippen MR) is 102 cm³/mol. The number of aliphatic hydroxyl groups is 2. The molecule has 6 heteroatoms. The Kier molecular flexibility index (Phi) is 3.61. The Morgan fingerprint density at radius 3 is 2.38 bits per heavy atom. The number of ether oxygens (including phenoxy) is 1. The fourth-order valence-corrected chi connectivity index (χ4v) is 7.91. The molecule has 3 fully saturated rings. The topological polar surface area (TPSA) is 101 Å². The average Bonchev–Trinajstić information content (AvgIpc) is 2.92. The molecule has 0 spiro atoms. The Bertz CT molecular complexity index is 880. The zero-order valence-corrected chi connectivity index (χ0v) is 17.7. The lowest BCUT2D eigenvalue weighted by atomic mass is 9.46. The molecule has 158 valence electrons. The van der Waals surface area contributed by atoms with Crippen LogP contribution in [0.4, 0.5) is 0 Å². The molecule has 2 saturated carbocycles. The molecule has 0 radical (unpaired) electrons. The Morgan fingerprint density at radius 1 is 1.10 bits per heavy atom. The van der Waals surface area contributed by atoms with Gasteiger partial charge in [0, 0.05) is 23.3 Å². The lowest BCUT2D eigenvalue weighted by molar-refractivity contribution is -0.150. The fourth-order valence-electron chi connectivity index (χ4n) is 7.91. The molecule has 1 aliphatic heterocycles. The van der Waals surface area contributed by atoms with E-state index in [1.54, 1.807) is 0 Å². The van der Waals surface area contributed by atoms with E-state index in [1.165, 1.54) is 6.92 Å². The van der Waals surface area contributed by atoms with Gasteiger partial charge in [0.2, 0.25) is 0 Å². The normalized spacial score (nSPS) is 50.0. The van der Waals surface area contributed by atoms with Crippen molar-refractivity contribution in [3.8, 4) is 0 Å². The van der Waals surface area contributed by atoms with Gasteiger partial charge in [-0.1, -0.05) is 34.1 Å². The highest BCUT2D eigenvalue weighted by molar-refractivity contribution is 6.19. The van der Waals surface area contributed by atoms with Crippen molar-refractivity contribution in [3.63, 3.8) is 0 Å². The lowest BCUT2D eigenvalue weighted by Crippen LogP contribution is -2.61. The number of hydrogen-bond donors (Lipinski definition) is 2. The molecular formula is C23H30O6. The van der Waals surface area contributed by atoms with E-state index in [4.69, 9.17) is 4.74 Å². The predicted octanol–water partition coefficient (Wildman–Crippen LogP) is 1.82. The van der Waals surface area contributed by atoms with Gasteiger partial charge in [-0.05, 0) is 36.7 Å². The van der Waals surface area contributed by atoms with Crippen molar-refractivity contribution in [2.45, 2.75) is 71.7 Å². The molecule has 0 aromatic rings. The van der Waals surface area contributed by atoms with E-state index in [2.05, 4.69) is 13.8 Å². The van der Waals surface area contributed by atoms with Gasteiger partial charge < -0.3 is 14.9 Å². The first-order chi connectivity index (χ1) is 13.4. The third kappa shape index (κ3) is 1.94. The first kappa shape index (κ1) is 19.4. The van der Waals surface area contributed by atoms with Gasteiger partial charge in [0.25, 0.3) is 0 Å². The van der Waals surface area contributed by atoms with E-state index in [0.717, 1.165) is 12.8 Å². The average molecular weight is 402 g/mol. The van der Waals surface area contributed by atoms with Crippen LogP contribution in [0.15, 0.2) is 11.1 Å². The van der Waals surface area contributed by atoms with Crippen LogP contribution in [-0.2, 0) is 19.1 Å². The maximum atomic E-state index is 13.8. The summed E-state index contributed by atoms with van der Waals surface area (Å²) in [4.78, 5) is 40.3. The second-order valence-electron chi connectivity index (χ2n) is 11.1. The minimum absolute atomic E-state index is 0.0943. The van der Waals surface area contributed by atoms with Crippen LogP contribution < -0.4 is 0 Å².